The third-order valence-electron chi connectivity index (χ3n) is 4.70. The molecule has 0 unspecified atom stereocenters. The summed E-state index contributed by atoms with van der Waals surface area (Å²) < 4.78 is 26.9. The van der Waals surface area contributed by atoms with Gasteiger partial charge in [0.15, 0.2) is 0 Å². The van der Waals surface area contributed by atoms with E-state index in [1.54, 1.807) is 24.3 Å². The van der Waals surface area contributed by atoms with Crippen molar-refractivity contribution >= 4 is 27.7 Å². The maximum absolute atomic E-state index is 12.5. The molecule has 1 aliphatic heterocycles. The zero-order chi connectivity index (χ0) is 19.3. The Bertz CT molecular complexity index is 898. The van der Waals surface area contributed by atoms with E-state index in [-0.39, 0.29) is 5.91 Å². The summed E-state index contributed by atoms with van der Waals surface area (Å²) in [5.41, 5.74) is 1.81. The molecular weight excluding hydrogens is 360 g/mol. The number of nitrogens with one attached hydrogen (secondary N) is 1. The van der Waals surface area contributed by atoms with Crippen LogP contribution in [0.25, 0.3) is 6.08 Å². The molecule has 1 aliphatic rings. The molecule has 0 bridgehead atoms. The van der Waals surface area contributed by atoms with Gasteiger partial charge in [-0.2, -0.15) is 0 Å². The van der Waals surface area contributed by atoms with Crippen molar-refractivity contribution in [2.75, 3.05) is 17.8 Å². The third-order valence-corrected chi connectivity index (χ3v) is 5.72. The van der Waals surface area contributed by atoms with Gasteiger partial charge in [-0.3, -0.25) is 9.52 Å². The van der Waals surface area contributed by atoms with Crippen LogP contribution in [0.15, 0.2) is 60.0 Å². The van der Waals surface area contributed by atoms with Crippen LogP contribution in [-0.4, -0.2) is 32.3 Å². The first-order valence-corrected chi connectivity index (χ1v) is 10.6. The minimum atomic E-state index is -3.62. The highest BCUT2D eigenvalue weighted by atomic mass is 32.2. The molecule has 0 aliphatic carbocycles. The average Bonchev–Trinajstić information content (AvgIpc) is 2.68. The summed E-state index contributed by atoms with van der Waals surface area (Å²) in [6.07, 6.45) is 3.59. The van der Waals surface area contributed by atoms with Crippen LogP contribution in [0.5, 0.6) is 0 Å². The molecule has 2 aromatic carbocycles. The molecule has 0 atom stereocenters. The summed E-state index contributed by atoms with van der Waals surface area (Å²) in [6.45, 7) is 3.76. The molecular formula is C21H24N2O3S. The molecule has 142 valence electrons. The molecule has 2 aromatic rings. The van der Waals surface area contributed by atoms with Crippen molar-refractivity contribution in [1.82, 2.24) is 4.90 Å². The topological polar surface area (TPSA) is 66.5 Å². The van der Waals surface area contributed by atoms with Gasteiger partial charge in [0.25, 0.3) is 15.9 Å². The van der Waals surface area contributed by atoms with Gasteiger partial charge in [0.2, 0.25) is 0 Å². The highest BCUT2D eigenvalue weighted by molar-refractivity contribution is 7.95. The van der Waals surface area contributed by atoms with E-state index in [0.717, 1.165) is 36.9 Å². The Morgan fingerprint density at radius 3 is 2.30 bits per heavy atom. The number of rotatable bonds is 5. The number of anilines is 1. The van der Waals surface area contributed by atoms with Gasteiger partial charge >= 0.3 is 0 Å². The normalized spacial score (nSPS) is 15.8. The number of carbonyl (C=O) groups excluding carboxylic acids is 1. The van der Waals surface area contributed by atoms with Crippen molar-refractivity contribution in [3.63, 3.8) is 0 Å². The monoisotopic (exact) mass is 384 g/mol. The lowest BCUT2D eigenvalue weighted by molar-refractivity contribution is 0.0697. The van der Waals surface area contributed by atoms with Crippen molar-refractivity contribution in [2.45, 2.75) is 19.8 Å². The zero-order valence-electron chi connectivity index (χ0n) is 15.3. The average molecular weight is 385 g/mol. The second-order valence-electron chi connectivity index (χ2n) is 6.91. The van der Waals surface area contributed by atoms with E-state index in [1.807, 2.05) is 35.2 Å². The molecule has 3 rings (SSSR count). The Morgan fingerprint density at radius 1 is 1.04 bits per heavy atom. The predicted octanol–water partition coefficient (Wildman–Crippen LogP) is 3.97. The molecule has 0 aromatic heterocycles. The Balaban J connectivity index is 1.63. The summed E-state index contributed by atoms with van der Waals surface area (Å²) in [5, 5.41) is 1.14. The smallest absolute Gasteiger partial charge is 0.255 e. The first-order valence-electron chi connectivity index (χ1n) is 9.08. The standard InChI is InChI=1S/C21H24N2O3S/c1-17-11-14-23(15-12-17)21(24)19-7-9-20(10-8-19)22-27(25,26)16-13-18-5-3-2-4-6-18/h2-10,13,16-17,22H,11-12,14-15H2,1H3. The molecule has 1 fully saturated rings. The largest absolute Gasteiger partial charge is 0.339 e. The van der Waals surface area contributed by atoms with Gasteiger partial charge in [-0.1, -0.05) is 37.3 Å². The lowest BCUT2D eigenvalue weighted by Gasteiger charge is -2.30. The molecule has 1 amide bonds. The molecule has 1 saturated heterocycles. The van der Waals surface area contributed by atoms with Gasteiger partial charge in [-0.05, 0) is 54.7 Å². The van der Waals surface area contributed by atoms with Gasteiger partial charge in [0.05, 0.1) is 5.41 Å². The molecule has 6 heteroatoms. The maximum Gasteiger partial charge on any atom is 0.255 e. The molecule has 0 saturated carbocycles. The summed E-state index contributed by atoms with van der Waals surface area (Å²) >= 11 is 0. The maximum atomic E-state index is 12.5. The van der Waals surface area contributed by atoms with Crippen LogP contribution in [0, 0.1) is 5.92 Å². The number of piperidine rings is 1. The number of benzene rings is 2. The number of carbonyl (C=O) groups is 1. The minimum Gasteiger partial charge on any atom is -0.339 e. The Morgan fingerprint density at radius 2 is 1.67 bits per heavy atom. The number of nitrogens with zero attached hydrogens (tertiary/aromatic N) is 1. The lowest BCUT2D eigenvalue weighted by atomic mass is 9.98. The Hall–Kier alpha value is -2.60. The van der Waals surface area contributed by atoms with Crippen LogP contribution in [0.4, 0.5) is 5.69 Å². The van der Waals surface area contributed by atoms with Crippen molar-refractivity contribution in [3.8, 4) is 0 Å². The Kier molecular flexibility index (Phi) is 5.96. The summed E-state index contributed by atoms with van der Waals surface area (Å²) in [4.78, 5) is 14.4. The van der Waals surface area contributed by atoms with Gasteiger partial charge in [0, 0.05) is 24.3 Å². The van der Waals surface area contributed by atoms with Gasteiger partial charge in [0.1, 0.15) is 0 Å². The molecule has 27 heavy (non-hydrogen) atoms. The first-order chi connectivity index (χ1) is 12.9. The van der Waals surface area contributed by atoms with Crippen molar-refractivity contribution in [1.29, 1.82) is 0 Å². The fourth-order valence-corrected chi connectivity index (χ4v) is 3.87. The van der Waals surface area contributed by atoms with E-state index >= 15 is 0 Å². The van der Waals surface area contributed by atoms with E-state index in [4.69, 9.17) is 0 Å². The second-order valence-corrected chi connectivity index (χ2v) is 8.48. The number of sulfonamides is 1. The van der Waals surface area contributed by atoms with Crippen LogP contribution in [0.2, 0.25) is 0 Å². The third kappa shape index (κ3) is 5.44. The van der Waals surface area contributed by atoms with Gasteiger partial charge in [-0.15, -0.1) is 0 Å². The molecule has 0 radical (unpaired) electrons. The highest BCUT2D eigenvalue weighted by Crippen LogP contribution is 2.19. The second kappa shape index (κ2) is 8.39. The summed E-state index contributed by atoms with van der Waals surface area (Å²) in [6, 6.07) is 15.8. The lowest BCUT2D eigenvalue weighted by Crippen LogP contribution is -2.37. The molecule has 1 N–H and O–H groups in total. The fourth-order valence-electron chi connectivity index (χ4n) is 3.01. The summed E-state index contributed by atoms with van der Waals surface area (Å²) in [5.74, 6) is 0.662. The zero-order valence-corrected chi connectivity index (χ0v) is 16.2. The van der Waals surface area contributed by atoms with Crippen molar-refractivity contribution < 1.29 is 13.2 Å². The van der Waals surface area contributed by atoms with E-state index in [0.29, 0.717) is 17.2 Å². The highest BCUT2D eigenvalue weighted by Gasteiger charge is 2.21. The van der Waals surface area contributed by atoms with Crippen LogP contribution in [0.3, 0.4) is 0 Å². The van der Waals surface area contributed by atoms with Crippen molar-refractivity contribution in [3.05, 3.63) is 71.1 Å². The molecule has 1 heterocycles. The van der Waals surface area contributed by atoms with Crippen LogP contribution >= 0.6 is 0 Å². The predicted molar refractivity (Wildman–Crippen MR) is 109 cm³/mol. The van der Waals surface area contributed by atoms with E-state index in [9.17, 15) is 13.2 Å². The summed E-state index contributed by atoms with van der Waals surface area (Å²) in [7, 11) is -3.62. The molecule has 0 spiro atoms. The van der Waals surface area contributed by atoms with E-state index in [2.05, 4.69) is 11.6 Å². The van der Waals surface area contributed by atoms with Crippen LogP contribution < -0.4 is 4.72 Å². The van der Waals surface area contributed by atoms with Gasteiger partial charge < -0.3 is 4.90 Å². The fraction of sp³-hybridized carbons (Fsp3) is 0.286. The first kappa shape index (κ1) is 19.2. The quantitative estimate of drug-likeness (QED) is 0.848. The van der Waals surface area contributed by atoms with Gasteiger partial charge in [-0.25, -0.2) is 8.42 Å². The number of likely N-dealkylation sites (tertiary alicyclic amines) is 1. The van der Waals surface area contributed by atoms with Crippen molar-refractivity contribution in [2.24, 2.45) is 5.92 Å². The van der Waals surface area contributed by atoms with Crippen LogP contribution in [0.1, 0.15) is 35.7 Å². The number of hydrogen-bond donors (Lipinski definition) is 1. The number of amides is 1. The minimum absolute atomic E-state index is 0.000260. The SMILES string of the molecule is CC1CCN(C(=O)c2ccc(NS(=O)(=O)C=Cc3ccccc3)cc2)CC1. The van der Waals surface area contributed by atoms with E-state index in [1.165, 1.54) is 6.08 Å². The molecule has 5 nitrogen and oxygen atoms in total. The van der Waals surface area contributed by atoms with Crippen LogP contribution in [-0.2, 0) is 10.0 Å². The Labute approximate surface area is 160 Å². The number of hydrogen-bond acceptors (Lipinski definition) is 3. The van der Waals surface area contributed by atoms with E-state index < -0.39 is 10.0 Å².